The van der Waals surface area contributed by atoms with Crippen LogP contribution in [0.5, 0.6) is 0 Å². The Kier molecular flexibility index (Phi) is 4.64. The zero-order valence-electron chi connectivity index (χ0n) is 10.6. The van der Waals surface area contributed by atoms with Crippen molar-refractivity contribution in [1.29, 1.82) is 0 Å². The summed E-state index contributed by atoms with van der Waals surface area (Å²) in [6.07, 6.45) is 0. The highest BCUT2D eigenvalue weighted by molar-refractivity contribution is 9.11. The minimum atomic E-state index is 0.225. The Bertz CT molecular complexity index is 563. The first-order valence-corrected chi connectivity index (χ1v) is 8.23. The SMILES string of the molecule is CNC(c1cscc1C)c1cc(Br)c(C)cc1Br. The fourth-order valence-corrected chi connectivity index (χ4v) is 3.95. The zero-order valence-corrected chi connectivity index (χ0v) is 14.5. The molecule has 1 aromatic heterocycles. The molecule has 1 heterocycles. The summed E-state index contributed by atoms with van der Waals surface area (Å²) < 4.78 is 2.29. The second-order valence-electron chi connectivity index (χ2n) is 4.35. The Balaban J connectivity index is 2.52. The number of nitrogens with one attached hydrogen (secondary N) is 1. The molecule has 1 N–H and O–H groups in total. The second-order valence-corrected chi connectivity index (χ2v) is 6.81. The lowest BCUT2D eigenvalue weighted by molar-refractivity contribution is 0.687. The van der Waals surface area contributed by atoms with Gasteiger partial charge in [0.2, 0.25) is 0 Å². The Labute approximate surface area is 129 Å². The number of hydrogen-bond acceptors (Lipinski definition) is 2. The van der Waals surface area contributed by atoms with Gasteiger partial charge in [0.1, 0.15) is 0 Å². The summed E-state index contributed by atoms with van der Waals surface area (Å²) in [4.78, 5) is 0. The lowest BCUT2D eigenvalue weighted by Gasteiger charge is -2.19. The van der Waals surface area contributed by atoms with Crippen molar-refractivity contribution in [2.45, 2.75) is 19.9 Å². The van der Waals surface area contributed by atoms with Gasteiger partial charge in [-0.25, -0.2) is 0 Å². The van der Waals surface area contributed by atoms with Crippen LogP contribution in [0.3, 0.4) is 0 Å². The van der Waals surface area contributed by atoms with Gasteiger partial charge in [0.25, 0.3) is 0 Å². The molecule has 1 atom stereocenters. The van der Waals surface area contributed by atoms with Crippen LogP contribution in [0.25, 0.3) is 0 Å². The van der Waals surface area contributed by atoms with E-state index in [1.807, 2.05) is 7.05 Å². The Morgan fingerprint density at radius 2 is 1.72 bits per heavy atom. The topological polar surface area (TPSA) is 12.0 Å². The van der Waals surface area contributed by atoms with E-state index in [4.69, 9.17) is 0 Å². The molecule has 0 spiro atoms. The van der Waals surface area contributed by atoms with Gasteiger partial charge in [-0.15, -0.1) is 0 Å². The van der Waals surface area contributed by atoms with Crippen LogP contribution >= 0.6 is 43.2 Å². The number of aryl methyl sites for hydroxylation is 2. The molecule has 0 aliphatic carbocycles. The van der Waals surface area contributed by atoms with Crippen molar-refractivity contribution >= 4 is 43.2 Å². The van der Waals surface area contributed by atoms with E-state index in [1.165, 1.54) is 22.3 Å². The van der Waals surface area contributed by atoms with Crippen molar-refractivity contribution < 1.29 is 0 Å². The summed E-state index contributed by atoms with van der Waals surface area (Å²) in [5.41, 5.74) is 5.18. The first kappa shape index (κ1) is 14.3. The van der Waals surface area contributed by atoms with Crippen LogP contribution in [0.4, 0.5) is 0 Å². The fourth-order valence-electron chi connectivity index (χ4n) is 2.03. The van der Waals surface area contributed by atoms with Crippen molar-refractivity contribution in [3.8, 4) is 0 Å². The molecule has 1 unspecified atom stereocenters. The van der Waals surface area contributed by atoms with Gasteiger partial charge < -0.3 is 5.32 Å². The predicted molar refractivity (Wildman–Crippen MR) is 86.5 cm³/mol. The lowest BCUT2D eigenvalue weighted by Crippen LogP contribution is -2.18. The third-order valence-corrected chi connectivity index (χ3v) is 5.50. The molecule has 96 valence electrons. The second kappa shape index (κ2) is 5.87. The summed E-state index contributed by atoms with van der Waals surface area (Å²) in [6.45, 7) is 4.26. The third-order valence-electron chi connectivity index (χ3n) is 3.08. The number of rotatable bonds is 3. The summed E-state index contributed by atoms with van der Waals surface area (Å²) in [7, 11) is 2.00. The molecule has 0 saturated heterocycles. The smallest absolute Gasteiger partial charge is 0.0596 e. The summed E-state index contributed by atoms with van der Waals surface area (Å²) in [5.74, 6) is 0. The molecule has 1 nitrogen and oxygen atoms in total. The number of benzene rings is 1. The molecule has 0 saturated carbocycles. The van der Waals surface area contributed by atoms with Gasteiger partial charge in [-0.05, 0) is 66.0 Å². The van der Waals surface area contributed by atoms with E-state index in [1.54, 1.807) is 11.3 Å². The van der Waals surface area contributed by atoms with Crippen molar-refractivity contribution in [3.05, 3.63) is 54.1 Å². The van der Waals surface area contributed by atoms with Gasteiger partial charge in [0, 0.05) is 8.95 Å². The van der Waals surface area contributed by atoms with Gasteiger partial charge in [-0.3, -0.25) is 0 Å². The van der Waals surface area contributed by atoms with E-state index in [-0.39, 0.29) is 6.04 Å². The summed E-state index contributed by atoms with van der Waals surface area (Å²) in [5, 5.41) is 7.82. The molecule has 2 aromatic rings. The van der Waals surface area contributed by atoms with Crippen molar-refractivity contribution in [2.24, 2.45) is 0 Å². The van der Waals surface area contributed by atoms with E-state index >= 15 is 0 Å². The number of hydrogen-bond donors (Lipinski definition) is 1. The van der Waals surface area contributed by atoms with E-state index in [0.717, 1.165) is 8.95 Å². The maximum absolute atomic E-state index is 3.68. The Morgan fingerprint density at radius 3 is 2.28 bits per heavy atom. The van der Waals surface area contributed by atoms with E-state index in [9.17, 15) is 0 Å². The van der Waals surface area contributed by atoms with Gasteiger partial charge in [-0.1, -0.05) is 31.9 Å². The molecule has 0 bridgehead atoms. The van der Waals surface area contributed by atoms with Crippen LogP contribution in [-0.2, 0) is 0 Å². The van der Waals surface area contributed by atoms with Gasteiger partial charge in [0.05, 0.1) is 6.04 Å². The average molecular weight is 389 g/mol. The summed E-state index contributed by atoms with van der Waals surface area (Å²) in [6, 6.07) is 4.57. The summed E-state index contributed by atoms with van der Waals surface area (Å²) >= 11 is 9.04. The standard InChI is InChI=1S/C14H15Br2NS/c1-8-4-13(16)10(5-12(8)15)14(17-3)11-7-18-6-9(11)2/h4-7,14,17H,1-3H3. The molecule has 0 radical (unpaired) electrons. The zero-order chi connectivity index (χ0) is 13.3. The lowest BCUT2D eigenvalue weighted by atomic mass is 9.98. The average Bonchev–Trinajstić information content (AvgIpc) is 2.73. The molecule has 18 heavy (non-hydrogen) atoms. The maximum atomic E-state index is 3.68. The van der Waals surface area contributed by atoms with Crippen LogP contribution < -0.4 is 5.32 Å². The first-order chi connectivity index (χ1) is 8.54. The molecule has 0 amide bonds. The van der Waals surface area contributed by atoms with E-state index in [0.29, 0.717) is 0 Å². The molecule has 0 fully saturated rings. The molecular formula is C14H15Br2NS. The highest BCUT2D eigenvalue weighted by atomic mass is 79.9. The number of halogens is 2. The van der Waals surface area contributed by atoms with Crippen LogP contribution in [0, 0.1) is 13.8 Å². The minimum absolute atomic E-state index is 0.225. The first-order valence-electron chi connectivity index (χ1n) is 5.70. The van der Waals surface area contributed by atoms with Crippen LogP contribution in [0.2, 0.25) is 0 Å². The molecular weight excluding hydrogens is 374 g/mol. The number of thiophene rings is 1. The third kappa shape index (κ3) is 2.72. The monoisotopic (exact) mass is 387 g/mol. The fraction of sp³-hybridized carbons (Fsp3) is 0.286. The quantitative estimate of drug-likeness (QED) is 0.761. The molecule has 0 aliphatic heterocycles. The Hall–Kier alpha value is -0.160. The van der Waals surface area contributed by atoms with Crippen molar-refractivity contribution in [2.75, 3.05) is 7.05 Å². The molecule has 0 aliphatic rings. The molecule has 4 heteroatoms. The van der Waals surface area contributed by atoms with Crippen LogP contribution in [0.15, 0.2) is 31.8 Å². The van der Waals surface area contributed by atoms with Gasteiger partial charge >= 0.3 is 0 Å². The van der Waals surface area contributed by atoms with Crippen molar-refractivity contribution in [1.82, 2.24) is 5.32 Å². The van der Waals surface area contributed by atoms with Crippen LogP contribution in [-0.4, -0.2) is 7.05 Å². The molecule has 2 rings (SSSR count). The van der Waals surface area contributed by atoms with Crippen LogP contribution in [0.1, 0.15) is 28.3 Å². The van der Waals surface area contributed by atoms with Gasteiger partial charge in [0.15, 0.2) is 0 Å². The minimum Gasteiger partial charge on any atom is -0.309 e. The molecule has 1 aromatic carbocycles. The largest absolute Gasteiger partial charge is 0.309 e. The van der Waals surface area contributed by atoms with Gasteiger partial charge in [-0.2, -0.15) is 11.3 Å². The predicted octanol–water partition coefficient (Wildman–Crippen LogP) is 5.20. The highest BCUT2D eigenvalue weighted by Gasteiger charge is 2.18. The van der Waals surface area contributed by atoms with Crippen molar-refractivity contribution in [3.63, 3.8) is 0 Å². The Morgan fingerprint density at radius 1 is 1.00 bits per heavy atom. The van der Waals surface area contributed by atoms with E-state index in [2.05, 4.69) is 73.9 Å². The van der Waals surface area contributed by atoms with E-state index < -0.39 is 0 Å². The maximum Gasteiger partial charge on any atom is 0.0596 e. The normalized spacial score (nSPS) is 12.7. The highest BCUT2D eigenvalue weighted by Crippen LogP contribution is 2.34.